The summed E-state index contributed by atoms with van der Waals surface area (Å²) < 4.78 is 0.936. The molecule has 18 heavy (non-hydrogen) atoms. The lowest BCUT2D eigenvalue weighted by Crippen LogP contribution is -2.27. The Morgan fingerprint density at radius 1 is 1.61 bits per heavy atom. The molecular weight excluding hydrogens is 296 g/mol. The Balaban J connectivity index is 2.17. The Labute approximate surface area is 115 Å². The highest BCUT2D eigenvalue weighted by Crippen LogP contribution is 2.32. The topological polar surface area (TPSA) is 66.6 Å². The van der Waals surface area contributed by atoms with Gasteiger partial charge >= 0.3 is 0 Å². The predicted molar refractivity (Wildman–Crippen MR) is 74.3 cm³/mol. The third-order valence-corrected chi connectivity index (χ3v) is 4.02. The Morgan fingerprint density at radius 3 is 2.83 bits per heavy atom. The van der Waals surface area contributed by atoms with Gasteiger partial charge in [0.25, 0.3) is 0 Å². The van der Waals surface area contributed by atoms with Gasteiger partial charge in [-0.3, -0.25) is 4.79 Å². The van der Waals surface area contributed by atoms with Crippen LogP contribution in [0.1, 0.15) is 25.0 Å². The van der Waals surface area contributed by atoms with Gasteiger partial charge in [0.15, 0.2) is 0 Å². The van der Waals surface area contributed by atoms with Crippen molar-refractivity contribution < 1.29 is 9.90 Å². The van der Waals surface area contributed by atoms with Crippen LogP contribution in [0.15, 0.2) is 22.7 Å². The zero-order valence-electron chi connectivity index (χ0n) is 10.3. The van der Waals surface area contributed by atoms with Crippen LogP contribution in [0.2, 0.25) is 0 Å². The van der Waals surface area contributed by atoms with Gasteiger partial charge in [0.05, 0.1) is 17.7 Å². The summed E-state index contributed by atoms with van der Waals surface area (Å²) in [4.78, 5) is 13.3. The molecule has 1 aliphatic heterocycles. The van der Waals surface area contributed by atoms with E-state index in [0.29, 0.717) is 6.54 Å². The molecule has 4 nitrogen and oxygen atoms in total. The number of aliphatic hydroxyl groups is 1. The van der Waals surface area contributed by atoms with Gasteiger partial charge in [0.2, 0.25) is 5.91 Å². The van der Waals surface area contributed by atoms with Crippen LogP contribution >= 0.6 is 15.9 Å². The highest BCUT2D eigenvalue weighted by molar-refractivity contribution is 9.10. The number of rotatable bonds is 3. The van der Waals surface area contributed by atoms with E-state index in [1.54, 1.807) is 6.92 Å². The first-order chi connectivity index (χ1) is 8.49. The first-order valence-corrected chi connectivity index (χ1v) is 6.80. The molecule has 0 aliphatic carbocycles. The largest absolute Gasteiger partial charge is 0.389 e. The molecule has 98 valence electrons. The van der Waals surface area contributed by atoms with Crippen LogP contribution in [-0.2, 0) is 4.79 Å². The van der Waals surface area contributed by atoms with Crippen LogP contribution in [0.5, 0.6) is 0 Å². The number of hydrogen-bond donors (Lipinski definition) is 2. The first kappa shape index (κ1) is 13.4. The van der Waals surface area contributed by atoms with Gasteiger partial charge in [-0.25, -0.2) is 0 Å². The molecule has 3 N–H and O–H groups in total. The summed E-state index contributed by atoms with van der Waals surface area (Å²) in [6, 6.07) is 5.79. The summed E-state index contributed by atoms with van der Waals surface area (Å²) in [5, 5.41) is 9.52. The zero-order valence-corrected chi connectivity index (χ0v) is 11.9. The third kappa shape index (κ3) is 2.67. The number of primary amides is 1. The molecule has 2 atom stereocenters. The zero-order chi connectivity index (χ0) is 13.3. The van der Waals surface area contributed by atoms with E-state index < -0.39 is 6.10 Å². The number of nitrogens with two attached hydrogens (primary N) is 1. The van der Waals surface area contributed by atoms with Crippen molar-refractivity contribution in [1.29, 1.82) is 0 Å². The quantitative estimate of drug-likeness (QED) is 0.894. The predicted octanol–water partition coefficient (Wildman–Crippen LogP) is 1.81. The minimum Gasteiger partial charge on any atom is -0.389 e. The molecule has 1 aliphatic rings. The van der Waals surface area contributed by atoms with Crippen LogP contribution in [-0.4, -0.2) is 24.1 Å². The second-order valence-corrected chi connectivity index (χ2v) is 5.58. The van der Waals surface area contributed by atoms with E-state index in [0.717, 1.165) is 28.7 Å². The maximum atomic E-state index is 11.2. The fourth-order valence-electron chi connectivity index (χ4n) is 2.25. The van der Waals surface area contributed by atoms with Crippen LogP contribution in [0.3, 0.4) is 0 Å². The van der Waals surface area contributed by atoms with E-state index in [-0.39, 0.29) is 11.8 Å². The molecule has 1 heterocycles. The minimum absolute atomic E-state index is 0.0617. The van der Waals surface area contributed by atoms with E-state index in [4.69, 9.17) is 5.73 Å². The normalized spacial score (nSPS) is 21.1. The highest BCUT2D eigenvalue weighted by Gasteiger charge is 2.27. The number of nitrogens with zero attached hydrogens (tertiary/aromatic N) is 1. The van der Waals surface area contributed by atoms with E-state index in [2.05, 4.69) is 20.8 Å². The van der Waals surface area contributed by atoms with Crippen molar-refractivity contribution in [2.45, 2.75) is 19.4 Å². The number of amides is 1. The van der Waals surface area contributed by atoms with Gasteiger partial charge in [-0.2, -0.15) is 0 Å². The molecular formula is C13H17BrN2O2. The maximum Gasteiger partial charge on any atom is 0.222 e. The summed E-state index contributed by atoms with van der Waals surface area (Å²) in [6.07, 6.45) is 0.326. The molecule has 0 saturated carbocycles. The fraction of sp³-hybridized carbons (Fsp3) is 0.462. The molecule has 0 bridgehead atoms. The van der Waals surface area contributed by atoms with Crippen LogP contribution < -0.4 is 10.6 Å². The Kier molecular flexibility index (Phi) is 3.92. The Hall–Kier alpha value is -1.07. The van der Waals surface area contributed by atoms with Gasteiger partial charge in [-0.05, 0) is 47.0 Å². The van der Waals surface area contributed by atoms with Crippen molar-refractivity contribution in [1.82, 2.24) is 0 Å². The number of aliphatic hydroxyl groups excluding tert-OH is 1. The van der Waals surface area contributed by atoms with Crippen molar-refractivity contribution >= 4 is 27.5 Å². The number of halogens is 1. The number of carbonyl (C=O) groups is 1. The van der Waals surface area contributed by atoms with Crippen LogP contribution in [0.25, 0.3) is 0 Å². The number of benzene rings is 1. The standard InChI is InChI=1S/C13H17BrN2O2/c1-8(17)9-2-3-12(11(14)6-9)16-5-4-10(7-16)13(15)18/h2-3,6,8,10,17H,4-5,7H2,1H3,(H2,15,18)/t8-,10?/m1/s1. The average molecular weight is 313 g/mol. The summed E-state index contributed by atoms with van der Waals surface area (Å²) in [7, 11) is 0. The fourth-order valence-corrected chi connectivity index (χ4v) is 2.90. The minimum atomic E-state index is -0.479. The van der Waals surface area contributed by atoms with Crippen molar-refractivity contribution in [3.05, 3.63) is 28.2 Å². The molecule has 1 aromatic carbocycles. The van der Waals surface area contributed by atoms with Crippen molar-refractivity contribution in [3.63, 3.8) is 0 Å². The Morgan fingerprint density at radius 2 is 2.33 bits per heavy atom. The van der Waals surface area contributed by atoms with Crippen molar-refractivity contribution in [3.8, 4) is 0 Å². The highest BCUT2D eigenvalue weighted by atomic mass is 79.9. The van der Waals surface area contributed by atoms with E-state index in [1.165, 1.54) is 0 Å². The third-order valence-electron chi connectivity index (χ3n) is 3.39. The summed E-state index contributed by atoms with van der Waals surface area (Å²) in [5.41, 5.74) is 7.25. The van der Waals surface area contributed by atoms with E-state index in [1.807, 2.05) is 18.2 Å². The summed E-state index contributed by atoms with van der Waals surface area (Å²) >= 11 is 3.51. The molecule has 1 fully saturated rings. The van der Waals surface area contributed by atoms with Gasteiger partial charge in [0.1, 0.15) is 0 Å². The first-order valence-electron chi connectivity index (χ1n) is 6.01. The molecule has 1 aromatic rings. The molecule has 1 unspecified atom stereocenters. The second kappa shape index (κ2) is 5.28. The molecule has 0 aromatic heterocycles. The van der Waals surface area contributed by atoms with E-state index in [9.17, 15) is 9.90 Å². The molecule has 0 radical (unpaired) electrons. The van der Waals surface area contributed by atoms with Gasteiger partial charge in [-0.15, -0.1) is 0 Å². The van der Waals surface area contributed by atoms with Gasteiger partial charge in [0, 0.05) is 17.6 Å². The van der Waals surface area contributed by atoms with E-state index >= 15 is 0 Å². The second-order valence-electron chi connectivity index (χ2n) is 4.72. The lowest BCUT2D eigenvalue weighted by molar-refractivity contribution is -0.121. The van der Waals surface area contributed by atoms with Gasteiger partial charge < -0.3 is 15.7 Å². The van der Waals surface area contributed by atoms with Crippen LogP contribution in [0, 0.1) is 5.92 Å². The lowest BCUT2D eigenvalue weighted by Gasteiger charge is -2.20. The number of anilines is 1. The molecule has 5 heteroatoms. The molecule has 1 amide bonds. The van der Waals surface area contributed by atoms with Crippen LogP contribution in [0.4, 0.5) is 5.69 Å². The SMILES string of the molecule is C[C@@H](O)c1ccc(N2CCC(C(N)=O)C2)c(Br)c1. The van der Waals surface area contributed by atoms with Crippen molar-refractivity contribution in [2.75, 3.05) is 18.0 Å². The average Bonchev–Trinajstić information content (AvgIpc) is 2.78. The van der Waals surface area contributed by atoms with Crippen molar-refractivity contribution in [2.24, 2.45) is 11.7 Å². The number of carbonyl (C=O) groups excluding carboxylic acids is 1. The molecule has 2 rings (SSSR count). The summed E-state index contributed by atoms with van der Waals surface area (Å²) in [6.45, 7) is 3.24. The Bertz CT molecular complexity index is 462. The monoisotopic (exact) mass is 312 g/mol. The maximum absolute atomic E-state index is 11.2. The smallest absolute Gasteiger partial charge is 0.222 e. The molecule has 1 saturated heterocycles. The van der Waals surface area contributed by atoms with Gasteiger partial charge in [-0.1, -0.05) is 6.07 Å². The summed E-state index contributed by atoms with van der Waals surface area (Å²) in [5.74, 6) is -0.289. The number of hydrogen-bond acceptors (Lipinski definition) is 3. The lowest BCUT2D eigenvalue weighted by atomic mass is 10.1. The molecule has 0 spiro atoms.